The summed E-state index contributed by atoms with van der Waals surface area (Å²) in [4.78, 5) is 24.5. The second-order valence-electron chi connectivity index (χ2n) is 4.28. The smallest absolute Gasteiger partial charge is 0.337 e. The average Bonchev–Trinajstić information content (AvgIpc) is 3.01. The Bertz CT molecular complexity index is 590. The summed E-state index contributed by atoms with van der Waals surface area (Å²) in [6.45, 7) is 1.94. The predicted molar refractivity (Wildman–Crippen MR) is 78.0 cm³/mol. The number of esters is 1. The minimum absolute atomic E-state index is 0.0391. The van der Waals surface area contributed by atoms with Gasteiger partial charge in [0.2, 0.25) is 0 Å². The number of thiophene rings is 1. The number of nitrogens with one attached hydrogen (secondary N) is 1. The van der Waals surface area contributed by atoms with Crippen LogP contribution in [0.1, 0.15) is 38.6 Å². The van der Waals surface area contributed by atoms with Crippen molar-refractivity contribution in [3.05, 3.63) is 57.8 Å². The first-order chi connectivity index (χ1) is 9.61. The Balaban J connectivity index is 2.04. The number of amides is 1. The first-order valence-corrected chi connectivity index (χ1v) is 7.02. The van der Waals surface area contributed by atoms with Crippen LogP contribution in [0.15, 0.2) is 41.8 Å². The minimum Gasteiger partial charge on any atom is -0.465 e. The quantitative estimate of drug-likeness (QED) is 0.880. The molecule has 1 heterocycles. The normalized spacial score (nSPS) is 11.7. The molecular weight excluding hydrogens is 274 g/mol. The molecule has 104 valence electrons. The number of hydrogen-bond acceptors (Lipinski definition) is 4. The third-order valence-corrected chi connectivity index (χ3v) is 3.94. The molecule has 1 aromatic carbocycles. The van der Waals surface area contributed by atoms with E-state index >= 15 is 0 Å². The number of rotatable bonds is 4. The van der Waals surface area contributed by atoms with Crippen LogP contribution in [-0.4, -0.2) is 19.0 Å². The Morgan fingerprint density at radius 1 is 1.15 bits per heavy atom. The number of ether oxygens (including phenoxy) is 1. The summed E-state index contributed by atoms with van der Waals surface area (Å²) in [5.74, 6) is -0.578. The Labute approximate surface area is 121 Å². The van der Waals surface area contributed by atoms with Gasteiger partial charge in [-0.2, -0.15) is 0 Å². The third kappa shape index (κ3) is 3.24. The maximum absolute atomic E-state index is 12.1. The summed E-state index contributed by atoms with van der Waals surface area (Å²) in [5.41, 5.74) is 0.941. The fourth-order valence-electron chi connectivity index (χ4n) is 1.76. The van der Waals surface area contributed by atoms with Crippen LogP contribution in [0.4, 0.5) is 0 Å². The molecule has 1 aromatic heterocycles. The van der Waals surface area contributed by atoms with Crippen molar-refractivity contribution in [2.24, 2.45) is 0 Å². The van der Waals surface area contributed by atoms with E-state index in [9.17, 15) is 9.59 Å². The summed E-state index contributed by atoms with van der Waals surface area (Å²) in [6.07, 6.45) is 0. The van der Waals surface area contributed by atoms with Crippen LogP contribution in [-0.2, 0) is 4.74 Å². The molecule has 0 saturated carbocycles. The highest BCUT2D eigenvalue weighted by atomic mass is 32.1. The lowest BCUT2D eigenvalue weighted by molar-refractivity contribution is 0.0600. The molecule has 4 nitrogen and oxygen atoms in total. The van der Waals surface area contributed by atoms with E-state index in [4.69, 9.17) is 0 Å². The first-order valence-electron chi connectivity index (χ1n) is 6.14. The van der Waals surface area contributed by atoms with Crippen molar-refractivity contribution >= 4 is 23.2 Å². The van der Waals surface area contributed by atoms with Crippen LogP contribution < -0.4 is 5.32 Å². The zero-order chi connectivity index (χ0) is 14.5. The van der Waals surface area contributed by atoms with Crippen molar-refractivity contribution in [1.29, 1.82) is 0 Å². The van der Waals surface area contributed by atoms with Crippen LogP contribution in [0.2, 0.25) is 0 Å². The van der Waals surface area contributed by atoms with Gasteiger partial charge < -0.3 is 10.1 Å². The van der Waals surface area contributed by atoms with E-state index in [1.54, 1.807) is 35.6 Å². The zero-order valence-electron chi connectivity index (χ0n) is 11.3. The molecule has 0 saturated heterocycles. The van der Waals surface area contributed by atoms with E-state index in [1.165, 1.54) is 7.11 Å². The molecule has 20 heavy (non-hydrogen) atoms. The van der Waals surface area contributed by atoms with Gasteiger partial charge in [0.15, 0.2) is 0 Å². The monoisotopic (exact) mass is 289 g/mol. The molecule has 0 aliphatic carbocycles. The summed E-state index contributed by atoms with van der Waals surface area (Å²) in [6, 6.07) is 10.3. The molecule has 1 amide bonds. The molecular formula is C15H15NO3S. The Morgan fingerprint density at radius 3 is 2.35 bits per heavy atom. The summed E-state index contributed by atoms with van der Waals surface area (Å²) in [5, 5.41) is 4.89. The van der Waals surface area contributed by atoms with Crippen molar-refractivity contribution < 1.29 is 14.3 Å². The van der Waals surface area contributed by atoms with E-state index in [-0.39, 0.29) is 11.9 Å². The lowest BCUT2D eigenvalue weighted by atomic mass is 10.1. The second kappa shape index (κ2) is 6.34. The Morgan fingerprint density at radius 2 is 1.80 bits per heavy atom. The molecule has 1 atom stereocenters. The number of carbonyl (C=O) groups excluding carboxylic acids is 2. The van der Waals surface area contributed by atoms with Gasteiger partial charge in [0.05, 0.1) is 18.7 Å². The fraction of sp³-hybridized carbons (Fsp3) is 0.200. The molecule has 0 aliphatic heterocycles. The second-order valence-corrected chi connectivity index (χ2v) is 5.26. The third-order valence-electron chi connectivity index (χ3n) is 2.89. The molecule has 0 radical (unpaired) electrons. The van der Waals surface area contributed by atoms with Gasteiger partial charge in [-0.25, -0.2) is 4.79 Å². The number of hydrogen-bond donors (Lipinski definition) is 1. The molecule has 2 aromatic rings. The van der Waals surface area contributed by atoms with Crippen molar-refractivity contribution in [3.8, 4) is 0 Å². The van der Waals surface area contributed by atoms with Gasteiger partial charge in [-0.3, -0.25) is 4.79 Å². The highest BCUT2D eigenvalue weighted by molar-refractivity contribution is 7.10. The van der Waals surface area contributed by atoms with Gasteiger partial charge in [-0.1, -0.05) is 6.07 Å². The van der Waals surface area contributed by atoms with Crippen LogP contribution in [0.5, 0.6) is 0 Å². The van der Waals surface area contributed by atoms with E-state index in [0.717, 1.165) is 4.88 Å². The van der Waals surface area contributed by atoms with Crippen LogP contribution in [0.25, 0.3) is 0 Å². The van der Waals surface area contributed by atoms with Gasteiger partial charge in [0, 0.05) is 10.4 Å². The molecule has 1 N–H and O–H groups in total. The average molecular weight is 289 g/mol. The lowest BCUT2D eigenvalue weighted by Crippen LogP contribution is -2.26. The molecule has 0 spiro atoms. The summed E-state index contributed by atoms with van der Waals surface area (Å²) in [7, 11) is 1.33. The molecule has 5 heteroatoms. The lowest BCUT2D eigenvalue weighted by Gasteiger charge is -2.12. The highest BCUT2D eigenvalue weighted by Gasteiger charge is 2.13. The minimum atomic E-state index is -0.413. The number of carbonyl (C=O) groups is 2. The number of methoxy groups -OCH3 is 1. The van der Waals surface area contributed by atoms with E-state index < -0.39 is 5.97 Å². The topological polar surface area (TPSA) is 55.4 Å². The van der Waals surface area contributed by atoms with Gasteiger partial charge in [0.25, 0.3) is 5.91 Å². The van der Waals surface area contributed by atoms with Gasteiger partial charge >= 0.3 is 5.97 Å². The Hall–Kier alpha value is -2.14. The molecule has 0 fully saturated rings. The maximum Gasteiger partial charge on any atom is 0.337 e. The number of benzene rings is 1. The summed E-state index contributed by atoms with van der Waals surface area (Å²) < 4.78 is 4.61. The maximum atomic E-state index is 12.1. The SMILES string of the molecule is COC(=O)c1ccc(C(=O)NC(C)c2cccs2)cc1. The van der Waals surface area contributed by atoms with Gasteiger partial charge in [0.1, 0.15) is 0 Å². The van der Waals surface area contributed by atoms with Crippen molar-refractivity contribution in [1.82, 2.24) is 5.32 Å². The zero-order valence-corrected chi connectivity index (χ0v) is 12.1. The molecule has 0 bridgehead atoms. The van der Waals surface area contributed by atoms with E-state index in [2.05, 4.69) is 10.1 Å². The van der Waals surface area contributed by atoms with Crippen molar-refractivity contribution in [3.63, 3.8) is 0 Å². The van der Waals surface area contributed by atoms with E-state index in [0.29, 0.717) is 11.1 Å². The predicted octanol–water partition coefficient (Wildman–Crippen LogP) is 3.03. The highest BCUT2D eigenvalue weighted by Crippen LogP contribution is 2.18. The largest absolute Gasteiger partial charge is 0.465 e. The van der Waals surface area contributed by atoms with Crippen LogP contribution >= 0.6 is 11.3 Å². The molecule has 2 rings (SSSR count). The van der Waals surface area contributed by atoms with E-state index in [1.807, 2.05) is 24.4 Å². The van der Waals surface area contributed by atoms with Crippen molar-refractivity contribution in [2.45, 2.75) is 13.0 Å². The summed E-state index contributed by atoms with van der Waals surface area (Å²) >= 11 is 1.60. The standard InChI is InChI=1S/C15H15NO3S/c1-10(13-4-3-9-20-13)16-14(17)11-5-7-12(8-6-11)15(18)19-2/h3-10H,1-2H3,(H,16,17). The molecule has 1 unspecified atom stereocenters. The van der Waals surface area contributed by atoms with Crippen LogP contribution in [0.3, 0.4) is 0 Å². The molecule has 0 aliphatic rings. The van der Waals surface area contributed by atoms with Gasteiger partial charge in [-0.15, -0.1) is 11.3 Å². The van der Waals surface area contributed by atoms with Crippen LogP contribution in [0, 0.1) is 0 Å². The Kier molecular flexibility index (Phi) is 4.53. The fourth-order valence-corrected chi connectivity index (χ4v) is 2.50. The van der Waals surface area contributed by atoms with Crippen molar-refractivity contribution in [2.75, 3.05) is 7.11 Å². The first kappa shape index (κ1) is 14.3. The van der Waals surface area contributed by atoms with Gasteiger partial charge in [-0.05, 0) is 42.6 Å².